The molecule has 0 fully saturated rings. The van der Waals surface area contributed by atoms with Crippen LogP contribution in [0.25, 0.3) is 0 Å². The molecular formula is C13H16N4O2. The van der Waals surface area contributed by atoms with Crippen molar-refractivity contribution in [2.24, 2.45) is 0 Å². The van der Waals surface area contributed by atoms with Crippen molar-refractivity contribution in [3.05, 3.63) is 36.7 Å². The number of benzene rings is 1. The SMILES string of the molecule is COc1ccccc1N(C)C(=O)Cn1cc(N)cn1. The summed E-state index contributed by atoms with van der Waals surface area (Å²) in [5.41, 5.74) is 6.81. The Balaban J connectivity index is 2.14. The van der Waals surface area contributed by atoms with Gasteiger partial charge in [-0.15, -0.1) is 0 Å². The molecule has 0 atom stereocenters. The topological polar surface area (TPSA) is 73.4 Å². The van der Waals surface area contributed by atoms with Crippen molar-refractivity contribution in [1.29, 1.82) is 0 Å². The average Bonchev–Trinajstić information content (AvgIpc) is 2.83. The van der Waals surface area contributed by atoms with Crippen molar-refractivity contribution in [2.75, 3.05) is 24.8 Å². The van der Waals surface area contributed by atoms with Crippen molar-refractivity contribution in [3.8, 4) is 5.75 Å². The summed E-state index contributed by atoms with van der Waals surface area (Å²) in [5, 5.41) is 3.99. The van der Waals surface area contributed by atoms with Gasteiger partial charge in [-0.3, -0.25) is 9.48 Å². The van der Waals surface area contributed by atoms with E-state index >= 15 is 0 Å². The highest BCUT2D eigenvalue weighted by molar-refractivity contribution is 5.94. The number of carbonyl (C=O) groups excluding carboxylic acids is 1. The molecular weight excluding hydrogens is 244 g/mol. The number of methoxy groups -OCH3 is 1. The van der Waals surface area contributed by atoms with Gasteiger partial charge in [0.15, 0.2) is 0 Å². The summed E-state index contributed by atoms with van der Waals surface area (Å²) in [6.45, 7) is 0.131. The normalized spacial score (nSPS) is 10.2. The fourth-order valence-electron chi connectivity index (χ4n) is 1.75. The molecule has 1 amide bonds. The van der Waals surface area contributed by atoms with E-state index in [2.05, 4.69) is 5.10 Å². The molecule has 1 aromatic carbocycles. The Morgan fingerprint density at radius 1 is 1.47 bits per heavy atom. The Morgan fingerprint density at radius 3 is 2.84 bits per heavy atom. The number of nitrogens with zero attached hydrogens (tertiary/aromatic N) is 3. The Hall–Kier alpha value is -2.50. The van der Waals surface area contributed by atoms with Crippen molar-refractivity contribution < 1.29 is 9.53 Å². The lowest BCUT2D eigenvalue weighted by Gasteiger charge is -2.19. The minimum atomic E-state index is -0.104. The van der Waals surface area contributed by atoms with Gasteiger partial charge in [0.1, 0.15) is 12.3 Å². The van der Waals surface area contributed by atoms with Crippen LogP contribution >= 0.6 is 0 Å². The lowest BCUT2D eigenvalue weighted by Crippen LogP contribution is -2.30. The van der Waals surface area contributed by atoms with Gasteiger partial charge in [-0.2, -0.15) is 5.10 Å². The van der Waals surface area contributed by atoms with Crippen LogP contribution in [0.1, 0.15) is 0 Å². The third-order valence-electron chi connectivity index (χ3n) is 2.77. The number of para-hydroxylation sites is 2. The summed E-state index contributed by atoms with van der Waals surface area (Å²) in [6, 6.07) is 7.35. The molecule has 2 N–H and O–H groups in total. The first-order valence-electron chi connectivity index (χ1n) is 5.79. The minimum absolute atomic E-state index is 0.104. The van der Waals surface area contributed by atoms with E-state index in [1.165, 1.54) is 15.8 Å². The van der Waals surface area contributed by atoms with Crippen LogP contribution in [0.5, 0.6) is 5.75 Å². The molecule has 100 valence electrons. The molecule has 0 aliphatic heterocycles. The quantitative estimate of drug-likeness (QED) is 0.894. The Morgan fingerprint density at radius 2 is 2.21 bits per heavy atom. The number of carbonyl (C=O) groups is 1. The number of likely N-dealkylation sites (N-methyl/N-ethyl adjacent to an activating group) is 1. The second-order valence-electron chi connectivity index (χ2n) is 4.10. The monoisotopic (exact) mass is 260 g/mol. The maximum Gasteiger partial charge on any atom is 0.248 e. The third-order valence-corrected chi connectivity index (χ3v) is 2.77. The second kappa shape index (κ2) is 5.43. The molecule has 0 saturated heterocycles. The van der Waals surface area contributed by atoms with Gasteiger partial charge in [-0.1, -0.05) is 12.1 Å². The van der Waals surface area contributed by atoms with Crippen LogP contribution in [0, 0.1) is 0 Å². The number of amides is 1. The van der Waals surface area contributed by atoms with E-state index in [0.717, 1.165) is 5.69 Å². The molecule has 1 aromatic heterocycles. The highest BCUT2D eigenvalue weighted by Gasteiger charge is 2.15. The van der Waals surface area contributed by atoms with Gasteiger partial charge in [0.2, 0.25) is 5.91 Å². The van der Waals surface area contributed by atoms with Crippen LogP contribution < -0.4 is 15.4 Å². The largest absolute Gasteiger partial charge is 0.495 e. The first-order chi connectivity index (χ1) is 9.11. The van der Waals surface area contributed by atoms with E-state index in [1.54, 1.807) is 20.4 Å². The van der Waals surface area contributed by atoms with E-state index in [-0.39, 0.29) is 12.5 Å². The minimum Gasteiger partial charge on any atom is -0.495 e. The fraction of sp³-hybridized carbons (Fsp3) is 0.231. The molecule has 19 heavy (non-hydrogen) atoms. The van der Waals surface area contributed by atoms with Crippen LogP contribution in [0.4, 0.5) is 11.4 Å². The number of nitrogens with two attached hydrogens (primary N) is 1. The number of nitrogen functional groups attached to an aromatic ring is 1. The Labute approximate surface area is 111 Å². The van der Waals surface area contributed by atoms with E-state index in [1.807, 2.05) is 24.3 Å². The summed E-state index contributed by atoms with van der Waals surface area (Å²) in [5.74, 6) is 0.547. The zero-order chi connectivity index (χ0) is 13.8. The number of rotatable bonds is 4. The summed E-state index contributed by atoms with van der Waals surface area (Å²) >= 11 is 0. The molecule has 0 spiro atoms. The maximum absolute atomic E-state index is 12.2. The van der Waals surface area contributed by atoms with Crippen LogP contribution in [-0.2, 0) is 11.3 Å². The molecule has 2 aromatic rings. The van der Waals surface area contributed by atoms with Gasteiger partial charge in [0.25, 0.3) is 0 Å². The zero-order valence-electron chi connectivity index (χ0n) is 10.9. The number of hydrogen-bond acceptors (Lipinski definition) is 4. The molecule has 6 heteroatoms. The summed E-state index contributed by atoms with van der Waals surface area (Å²) in [4.78, 5) is 13.7. The van der Waals surface area contributed by atoms with Crippen LogP contribution in [-0.4, -0.2) is 29.8 Å². The first kappa shape index (κ1) is 12.9. The van der Waals surface area contributed by atoms with Crippen LogP contribution in [0.15, 0.2) is 36.7 Å². The molecule has 1 heterocycles. The van der Waals surface area contributed by atoms with Crippen LogP contribution in [0.2, 0.25) is 0 Å². The molecule has 0 aliphatic rings. The van der Waals surface area contributed by atoms with Gasteiger partial charge < -0.3 is 15.4 Å². The molecule has 0 bridgehead atoms. The van der Waals surface area contributed by atoms with Crippen LogP contribution in [0.3, 0.4) is 0 Å². The van der Waals surface area contributed by atoms with Gasteiger partial charge >= 0.3 is 0 Å². The number of aromatic nitrogens is 2. The van der Waals surface area contributed by atoms with E-state index in [4.69, 9.17) is 10.5 Å². The fourth-order valence-corrected chi connectivity index (χ4v) is 1.75. The second-order valence-corrected chi connectivity index (χ2v) is 4.10. The number of anilines is 2. The predicted molar refractivity (Wildman–Crippen MR) is 73.0 cm³/mol. The summed E-state index contributed by atoms with van der Waals surface area (Å²) < 4.78 is 6.74. The molecule has 0 radical (unpaired) electrons. The van der Waals surface area contributed by atoms with Gasteiger partial charge in [0.05, 0.1) is 24.7 Å². The van der Waals surface area contributed by atoms with Gasteiger partial charge in [0, 0.05) is 13.2 Å². The van der Waals surface area contributed by atoms with Crippen molar-refractivity contribution in [1.82, 2.24) is 9.78 Å². The van der Waals surface area contributed by atoms with Gasteiger partial charge in [-0.05, 0) is 12.1 Å². The molecule has 2 rings (SSSR count). The zero-order valence-corrected chi connectivity index (χ0v) is 10.9. The lowest BCUT2D eigenvalue weighted by atomic mass is 10.2. The van der Waals surface area contributed by atoms with Crippen molar-refractivity contribution in [3.63, 3.8) is 0 Å². The Bertz CT molecular complexity index is 580. The molecule has 0 unspecified atom stereocenters. The highest BCUT2D eigenvalue weighted by Crippen LogP contribution is 2.26. The summed E-state index contributed by atoms with van der Waals surface area (Å²) in [6.07, 6.45) is 3.13. The lowest BCUT2D eigenvalue weighted by molar-refractivity contribution is -0.119. The molecule has 0 saturated carbocycles. The standard InChI is InChI=1S/C13H16N4O2/c1-16(11-5-3-4-6-12(11)19-2)13(18)9-17-8-10(14)7-15-17/h3-8H,9,14H2,1-2H3. The predicted octanol–water partition coefficient (Wildman–Crippen LogP) is 1.14. The smallest absolute Gasteiger partial charge is 0.248 e. The first-order valence-corrected chi connectivity index (χ1v) is 5.79. The van der Waals surface area contributed by atoms with E-state index in [9.17, 15) is 4.79 Å². The molecule has 0 aliphatic carbocycles. The molecule has 6 nitrogen and oxygen atoms in total. The number of ether oxygens (including phenoxy) is 1. The van der Waals surface area contributed by atoms with E-state index in [0.29, 0.717) is 11.4 Å². The maximum atomic E-state index is 12.2. The Kier molecular flexibility index (Phi) is 3.70. The van der Waals surface area contributed by atoms with E-state index < -0.39 is 0 Å². The van der Waals surface area contributed by atoms with Crippen molar-refractivity contribution in [2.45, 2.75) is 6.54 Å². The average molecular weight is 260 g/mol. The highest BCUT2D eigenvalue weighted by atomic mass is 16.5. The van der Waals surface area contributed by atoms with Crippen molar-refractivity contribution >= 4 is 17.3 Å². The third kappa shape index (κ3) is 2.85. The summed E-state index contributed by atoms with van der Waals surface area (Å²) in [7, 11) is 3.28. The number of hydrogen-bond donors (Lipinski definition) is 1. The van der Waals surface area contributed by atoms with Gasteiger partial charge in [-0.25, -0.2) is 0 Å².